The molecular weight excluding hydrogens is 218 g/mol. The minimum Gasteiger partial charge on any atom is -0.481 e. The van der Waals surface area contributed by atoms with Crippen molar-refractivity contribution < 1.29 is 9.90 Å². The van der Waals surface area contributed by atoms with Crippen molar-refractivity contribution in [1.29, 1.82) is 0 Å². The van der Waals surface area contributed by atoms with E-state index >= 15 is 0 Å². The van der Waals surface area contributed by atoms with Crippen LogP contribution in [0.3, 0.4) is 0 Å². The highest BCUT2D eigenvalue weighted by Gasteiger charge is 2.05. The van der Waals surface area contributed by atoms with E-state index in [0.29, 0.717) is 12.5 Å². The lowest BCUT2D eigenvalue weighted by atomic mass is 10.0. The minimum absolute atomic E-state index is 0.253. The summed E-state index contributed by atoms with van der Waals surface area (Å²) < 4.78 is 0. The molecule has 0 radical (unpaired) electrons. The van der Waals surface area contributed by atoms with Gasteiger partial charge in [-0.15, -0.1) is 0 Å². The first kappa shape index (κ1) is 13.6. The summed E-state index contributed by atoms with van der Waals surface area (Å²) >= 11 is 0. The second-order valence-electron chi connectivity index (χ2n) is 4.17. The zero-order valence-electron chi connectivity index (χ0n) is 10.1. The quantitative estimate of drug-likeness (QED) is 0.669. The molecular formula is C12H19N3O2. The van der Waals surface area contributed by atoms with Crippen molar-refractivity contribution in [2.75, 3.05) is 6.54 Å². The van der Waals surface area contributed by atoms with Gasteiger partial charge in [-0.2, -0.15) is 0 Å². The molecule has 1 atom stereocenters. The van der Waals surface area contributed by atoms with Crippen molar-refractivity contribution >= 4 is 5.97 Å². The van der Waals surface area contributed by atoms with E-state index in [9.17, 15) is 4.79 Å². The van der Waals surface area contributed by atoms with E-state index in [-0.39, 0.29) is 6.42 Å². The van der Waals surface area contributed by atoms with Gasteiger partial charge in [0.2, 0.25) is 0 Å². The van der Waals surface area contributed by atoms with Crippen LogP contribution in [-0.4, -0.2) is 27.6 Å². The number of rotatable bonds is 8. The van der Waals surface area contributed by atoms with Crippen molar-refractivity contribution in [1.82, 2.24) is 15.3 Å². The van der Waals surface area contributed by atoms with Gasteiger partial charge in [-0.3, -0.25) is 4.79 Å². The van der Waals surface area contributed by atoms with Crippen LogP contribution in [0.1, 0.15) is 32.0 Å². The summed E-state index contributed by atoms with van der Waals surface area (Å²) in [5.74, 6) is 0.489. The second kappa shape index (κ2) is 7.73. The van der Waals surface area contributed by atoms with Crippen molar-refractivity contribution in [2.45, 2.75) is 32.7 Å². The van der Waals surface area contributed by atoms with E-state index in [4.69, 9.17) is 5.11 Å². The predicted molar refractivity (Wildman–Crippen MR) is 64.4 cm³/mol. The molecule has 1 heterocycles. The molecule has 0 aliphatic heterocycles. The lowest BCUT2D eigenvalue weighted by Crippen LogP contribution is -2.18. The molecule has 2 N–H and O–H groups in total. The van der Waals surface area contributed by atoms with Gasteiger partial charge >= 0.3 is 5.97 Å². The van der Waals surface area contributed by atoms with Gasteiger partial charge in [0.15, 0.2) is 0 Å². The molecule has 1 rings (SSSR count). The van der Waals surface area contributed by atoms with E-state index in [1.807, 2.05) is 0 Å². The Morgan fingerprint density at radius 1 is 1.41 bits per heavy atom. The number of nitrogens with zero attached hydrogens (tertiary/aromatic N) is 2. The van der Waals surface area contributed by atoms with Gasteiger partial charge in [0.1, 0.15) is 5.82 Å². The molecule has 0 spiro atoms. The molecule has 1 aromatic heterocycles. The molecule has 0 aliphatic rings. The summed E-state index contributed by atoms with van der Waals surface area (Å²) in [6.07, 6.45) is 5.40. The largest absolute Gasteiger partial charge is 0.481 e. The summed E-state index contributed by atoms with van der Waals surface area (Å²) in [4.78, 5) is 18.6. The smallest absolute Gasteiger partial charge is 0.303 e. The number of hydrogen-bond acceptors (Lipinski definition) is 4. The first-order chi connectivity index (χ1) is 8.18. The maximum atomic E-state index is 10.4. The summed E-state index contributed by atoms with van der Waals surface area (Å²) in [5.41, 5.74) is 0. The van der Waals surface area contributed by atoms with Gasteiger partial charge in [-0.1, -0.05) is 6.92 Å². The van der Waals surface area contributed by atoms with Gasteiger partial charge in [0, 0.05) is 18.8 Å². The van der Waals surface area contributed by atoms with Crippen LogP contribution >= 0.6 is 0 Å². The van der Waals surface area contributed by atoms with Crippen LogP contribution in [0, 0.1) is 5.92 Å². The SMILES string of the molecule is CC(CCNCc1ncccn1)CCC(=O)O. The summed E-state index contributed by atoms with van der Waals surface area (Å²) in [7, 11) is 0. The monoisotopic (exact) mass is 237 g/mol. The van der Waals surface area contributed by atoms with E-state index in [0.717, 1.165) is 25.2 Å². The number of nitrogens with one attached hydrogen (secondary N) is 1. The first-order valence-corrected chi connectivity index (χ1v) is 5.87. The lowest BCUT2D eigenvalue weighted by molar-refractivity contribution is -0.137. The molecule has 0 aliphatic carbocycles. The lowest BCUT2D eigenvalue weighted by Gasteiger charge is -2.10. The Labute approximate surface area is 101 Å². The fraction of sp³-hybridized carbons (Fsp3) is 0.583. The Bertz CT molecular complexity index is 330. The second-order valence-corrected chi connectivity index (χ2v) is 4.17. The molecule has 94 valence electrons. The van der Waals surface area contributed by atoms with Crippen LogP contribution in [0.5, 0.6) is 0 Å². The molecule has 1 unspecified atom stereocenters. The van der Waals surface area contributed by atoms with Crippen LogP contribution < -0.4 is 5.32 Å². The zero-order valence-corrected chi connectivity index (χ0v) is 10.1. The van der Waals surface area contributed by atoms with Gasteiger partial charge < -0.3 is 10.4 Å². The van der Waals surface area contributed by atoms with Crippen LogP contribution in [0.15, 0.2) is 18.5 Å². The molecule has 5 nitrogen and oxygen atoms in total. The molecule has 0 amide bonds. The molecule has 0 bridgehead atoms. The molecule has 17 heavy (non-hydrogen) atoms. The third-order valence-corrected chi connectivity index (χ3v) is 2.57. The number of aliphatic carboxylic acids is 1. The summed E-state index contributed by atoms with van der Waals surface area (Å²) in [6.45, 7) is 3.59. The molecule has 0 aromatic carbocycles. The number of carboxylic acids is 1. The standard InChI is InChI=1S/C12H19N3O2/c1-10(3-4-12(16)17)5-8-13-9-11-14-6-2-7-15-11/h2,6-7,10,13H,3-5,8-9H2,1H3,(H,16,17). The van der Waals surface area contributed by atoms with E-state index in [1.165, 1.54) is 0 Å². The van der Waals surface area contributed by atoms with Crippen LogP contribution in [0.4, 0.5) is 0 Å². The Kier molecular flexibility index (Phi) is 6.17. The predicted octanol–water partition coefficient (Wildman–Crippen LogP) is 1.46. The Morgan fingerprint density at radius 3 is 2.76 bits per heavy atom. The van der Waals surface area contributed by atoms with Gasteiger partial charge in [0.25, 0.3) is 0 Å². The zero-order chi connectivity index (χ0) is 12.5. The highest BCUT2D eigenvalue weighted by molar-refractivity contribution is 5.66. The van der Waals surface area contributed by atoms with Crippen LogP contribution in [0.25, 0.3) is 0 Å². The number of hydrogen-bond donors (Lipinski definition) is 2. The highest BCUT2D eigenvalue weighted by Crippen LogP contribution is 2.09. The fourth-order valence-corrected chi connectivity index (χ4v) is 1.48. The Hall–Kier alpha value is -1.49. The van der Waals surface area contributed by atoms with Gasteiger partial charge in [-0.05, 0) is 31.4 Å². The third kappa shape index (κ3) is 6.63. The fourth-order valence-electron chi connectivity index (χ4n) is 1.48. The van der Waals surface area contributed by atoms with Crippen molar-refractivity contribution in [3.8, 4) is 0 Å². The first-order valence-electron chi connectivity index (χ1n) is 5.87. The summed E-state index contributed by atoms with van der Waals surface area (Å²) in [6, 6.07) is 1.79. The van der Waals surface area contributed by atoms with Gasteiger partial charge in [0.05, 0.1) is 6.54 Å². The van der Waals surface area contributed by atoms with Gasteiger partial charge in [-0.25, -0.2) is 9.97 Å². The maximum Gasteiger partial charge on any atom is 0.303 e. The summed E-state index contributed by atoms with van der Waals surface area (Å²) in [5, 5.41) is 11.8. The Morgan fingerprint density at radius 2 is 2.12 bits per heavy atom. The topological polar surface area (TPSA) is 75.1 Å². The molecule has 5 heteroatoms. The van der Waals surface area contributed by atoms with E-state index < -0.39 is 5.97 Å². The number of carboxylic acid groups (broad SMARTS) is 1. The average molecular weight is 237 g/mol. The van der Waals surface area contributed by atoms with E-state index in [2.05, 4.69) is 22.2 Å². The van der Waals surface area contributed by atoms with E-state index in [1.54, 1.807) is 18.5 Å². The molecule has 0 saturated carbocycles. The van der Waals surface area contributed by atoms with Crippen molar-refractivity contribution in [2.24, 2.45) is 5.92 Å². The van der Waals surface area contributed by atoms with Crippen molar-refractivity contribution in [3.63, 3.8) is 0 Å². The Balaban J connectivity index is 2.06. The third-order valence-electron chi connectivity index (χ3n) is 2.57. The van der Waals surface area contributed by atoms with Crippen LogP contribution in [-0.2, 0) is 11.3 Å². The number of aromatic nitrogens is 2. The minimum atomic E-state index is -0.720. The number of carbonyl (C=O) groups is 1. The average Bonchev–Trinajstić information content (AvgIpc) is 2.33. The van der Waals surface area contributed by atoms with Crippen LogP contribution in [0.2, 0.25) is 0 Å². The maximum absolute atomic E-state index is 10.4. The molecule has 1 aromatic rings. The normalized spacial score (nSPS) is 12.3. The molecule has 0 fully saturated rings. The molecule has 0 saturated heterocycles. The highest BCUT2D eigenvalue weighted by atomic mass is 16.4. The van der Waals surface area contributed by atoms with Crippen molar-refractivity contribution in [3.05, 3.63) is 24.3 Å².